The molecule has 0 aliphatic carbocycles. The van der Waals surface area contributed by atoms with E-state index in [0.29, 0.717) is 6.54 Å². The monoisotopic (exact) mass is 350 g/mol. The maximum atomic E-state index is 11.8. The Balaban J connectivity index is 1.54. The summed E-state index contributed by atoms with van der Waals surface area (Å²) in [7, 11) is 1.76. The Hall–Kier alpha value is -1.86. The van der Waals surface area contributed by atoms with Crippen LogP contribution in [-0.4, -0.2) is 38.5 Å². The highest BCUT2D eigenvalue weighted by atomic mass is 32.1. The molecule has 124 valence electrons. The fourth-order valence-electron chi connectivity index (χ4n) is 1.97. The van der Waals surface area contributed by atoms with Crippen molar-refractivity contribution in [2.45, 2.75) is 12.8 Å². The zero-order valence-electron chi connectivity index (χ0n) is 13.2. The minimum absolute atomic E-state index is 0.00143. The molecule has 5 nitrogen and oxygen atoms in total. The van der Waals surface area contributed by atoms with E-state index in [1.807, 2.05) is 17.5 Å². The van der Waals surface area contributed by atoms with Gasteiger partial charge in [0.2, 0.25) is 0 Å². The number of aliphatic imine (C=N–C) groups is 1. The van der Waals surface area contributed by atoms with Crippen LogP contribution in [0.4, 0.5) is 0 Å². The first-order valence-electron chi connectivity index (χ1n) is 7.58. The molecule has 0 aliphatic rings. The second-order valence-electron chi connectivity index (χ2n) is 4.84. The molecule has 0 saturated heterocycles. The van der Waals surface area contributed by atoms with Gasteiger partial charge in [-0.1, -0.05) is 12.1 Å². The number of hydrogen-bond acceptors (Lipinski definition) is 4. The van der Waals surface area contributed by atoms with E-state index in [-0.39, 0.29) is 5.91 Å². The average molecular weight is 351 g/mol. The van der Waals surface area contributed by atoms with Gasteiger partial charge in [0.05, 0.1) is 4.88 Å². The third-order valence-electron chi connectivity index (χ3n) is 3.14. The standard InChI is InChI=1S/C16H22N4OS2/c1-17-16(20-10-7-13-5-2-11-22-13)19-9-4-8-18-15(21)14-6-3-12-23-14/h2-3,5-6,11-12H,4,7-10H2,1H3,(H,18,21)(H2,17,19,20). The van der Waals surface area contributed by atoms with Crippen molar-refractivity contribution < 1.29 is 4.79 Å². The lowest BCUT2D eigenvalue weighted by atomic mass is 10.3. The molecule has 0 aliphatic heterocycles. The van der Waals surface area contributed by atoms with Crippen molar-refractivity contribution in [3.05, 3.63) is 44.8 Å². The summed E-state index contributed by atoms with van der Waals surface area (Å²) in [6.45, 7) is 2.27. The lowest BCUT2D eigenvalue weighted by Crippen LogP contribution is -2.39. The predicted molar refractivity (Wildman–Crippen MR) is 98.7 cm³/mol. The highest BCUT2D eigenvalue weighted by Crippen LogP contribution is 2.08. The van der Waals surface area contributed by atoms with Crippen LogP contribution >= 0.6 is 22.7 Å². The Morgan fingerprint density at radius 2 is 1.78 bits per heavy atom. The number of nitrogens with zero attached hydrogens (tertiary/aromatic N) is 1. The summed E-state index contributed by atoms with van der Waals surface area (Å²) in [5, 5.41) is 13.4. The first-order valence-corrected chi connectivity index (χ1v) is 9.34. The van der Waals surface area contributed by atoms with Gasteiger partial charge in [-0.2, -0.15) is 0 Å². The van der Waals surface area contributed by atoms with Crippen molar-refractivity contribution in [1.82, 2.24) is 16.0 Å². The Bertz CT molecular complexity index is 594. The van der Waals surface area contributed by atoms with Crippen molar-refractivity contribution in [2.24, 2.45) is 4.99 Å². The number of carbonyl (C=O) groups excluding carboxylic acids is 1. The van der Waals surface area contributed by atoms with E-state index in [4.69, 9.17) is 0 Å². The molecule has 0 atom stereocenters. The summed E-state index contributed by atoms with van der Waals surface area (Å²) in [4.78, 5) is 18.1. The molecule has 0 spiro atoms. The van der Waals surface area contributed by atoms with Gasteiger partial charge in [-0.05, 0) is 35.7 Å². The van der Waals surface area contributed by atoms with Gasteiger partial charge in [-0.25, -0.2) is 0 Å². The van der Waals surface area contributed by atoms with Crippen molar-refractivity contribution >= 4 is 34.5 Å². The van der Waals surface area contributed by atoms with Crippen molar-refractivity contribution in [3.8, 4) is 0 Å². The average Bonchev–Trinajstić information content (AvgIpc) is 3.26. The SMILES string of the molecule is CN=C(NCCCNC(=O)c1cccs1)NCCc1cccs1. The molecule has 0 saturated carbocycles. The maximum absolute atomic E-state index is 11.8. The molecule has 2 aromatic heterocycles. The second kappa shape index (κ2) is 10.0. The van der Waals surface area contributed by atoms with Crippen LogP contribution in [0.2, 0.25) is 0 Å². The maximum Gasteiger partial charge on any atom is 0.261 e. The van der Waals surface area contributed by atoms with Crippen molar-refractivity contribution in [1.29, 1.82) is 0 Å². The summed E-state index contributed by atoms with van der Waals surface area (Å²) in [5.74, 6) is 0.796. The third kappa shape index (κ3) is 6.42. The first kappa shape index (κ1) is 17.5. The van der Waals surface area contributed by atoms with E-state index >= 15 is 0 Å². The molecule has 2 aromatic rings. The molecule has 0 bridgehead atoms. The molecule has 23 heavy (non-hydrogen) atoms. The quantitative estimate of drug-likeness (QED) is 0.389. The van der Waals surface area contributed by atoms with Gasteiger partial charge in [0, 0.05) is 31.6 Å². The van der Waals surface area contributed by atoms with Gasteiger partial charge >= 0.3 is 0 Å². The Morgan fingerprint density at radius 3 is 2.48 bits per heavy atom. The van der Waals surface area contributed by atoms with Crippen LogP contribution in [0, 0.1) is 0 Å². The highest BCUT2D eigenvalue weighted by Gasteiger charge is 2.04. The van der Waals surface area contributed by atoms with Gasteiger partial charge in [0.15, 0.2) is 5.96 Å². The number of thiophene rings is 2. The molecule has 1 amide bonds. The van der Waals surface area contributed by atoms with Crippen molar-refractivity contribution in [2.75, 3.05) is 26.7 Å². The van der Waals surface area contributed by atoms with E-state index in [0.717, 1.165) is 36.8 Å². The number of nitrogens with one attached hydrogen (secondary N) is 3. The summed E-state index contributed by atoms with van der Waals surface area (Å²) in [5.41, 5.74) is 0. The minimum atomic E-state index is -0.00143. The first-order chi connectivity index (χ1) is 11.3. The molecule has 0 radical (unpaired) electrons. The summed E-state index contributed by atoms with van der Waals surface area (Å²) >= 11 is 3.22. The Morgan fingerprint density at radius 1 is 1.04 bits per heavy atom. The van der Waals surface area contributed by atoms with Gasteiger partial charge < -0.3 is 16.0 Å². The molecule has 0 unspecified atom stereocenters. The minimum Gasteiger partial charge on any atom is -0.356 e. The number of amides is 1. The van der Waals surface area contributed by atoms with Crippen LogP contribution < -0.4 is 16.0 Å². The highest BCUT2D eigenvalue weighted by molar-refractivity contribution is 7.12. The van der Waals surface area contributed by atoms with E-state index in [2.05, 4.69) is 38.5 Å². The molecule has 2 heterocycles. The zero-order chi connectivity index (χ0) is 16.3. The molecular formula is C16H22N4OS2. The van der Waals surface area contributed by atoms with Crippen LogP contribution in [0.3, 0.4) is 0 Å². The normalized spacial score (nSPS) is 11.3. The van der Waals surface area contributed by atoms with Crippen LogP contribution in [0.25, 0.3) is 0 Å². The van der Waals surface area contributed by atoms with E-state index < -0.39 is 0 Å². The lowest BCUT2D eigenvalue weighted by Gasteiger charge is -2.11. The lowest BCUT2D eigenvalue weighted by molar-refractivity contribution is 0.0957. The summed E-state index contributed by atoms with van der Waals surface area (Å²) in [6, 6.07) is 7.92. The van der Waals surface area contributed by atoms with Gasteiger partial charge in [-0.15, -0.1) is 22.7 Å². The van der Waals surface area contributed by atoms with E-state index in [9.17, 15) is 4.79 Å². The van der Waals surface area contributed by atoms with Gasteiger partial charge in [0.25, 0.3) is 5.91 Å². The molecular weight excluding hydrogens is 328 g/mol. The molecule has 0 fully saturated rings. The fourth-order valence-corrected chi connectivity index (χ4v) is 3.32. The third-order valence-corrected chi connectivity index (χ3v) is 4.95. The number of carbonyl (C=O) groups is 1. The number of rotatable bonds is 8. The second-order valence-corrected chi connectivity index (χ2v) is 6.82. The molecule has 0 aromatic carbocycles. The van der Waals surface area contributed by atoms with Crippen LogP contribution in [0.1, 0.15) is 21.0 Å². The number of hydrogen-bond donors (Lipinski definition) is 3. The van der Waals surface area contributed by atoms with Crippen molar-refractivity contribution in [3.63, 3.8) is 0 Å². The predicted octanol–water partition coefficient (Wildman–Crippen LogP) is 2.34. The topological polar surface area (TPSA) is 65.5 Å². The smallest absolute Gasteiger partial charge is 0.261 e. The van der Waals surface area contributed by atoms with Crippen LogP contribution in [0.15, 0.2) is 40.0 Å². The summed E-state index contributed by atoms with van der Waals surface area (Å²) in [6.07, 6.45) is 1.85. The van der Waals surface area contributed by atoms with Gasteiger partial charge in [-0.3, -0.25) is 9.79 Å². The largest absolute Gasteiger partial charge is 0.356 e. The zero-order valence-corrected chi connectivity index (χ0v) is 14.8. The molecule has 7 heteroatoms. The number of guanidine groups is 1. The molecule has 3 N–H and O–H groups in total. The van der Waals surface area contributed by atoms with Crippen LogP contribution in [0.5, 0.6) is 0 Å². The summed E-state index contributed by atoms with van der Waals surface area (Å²) < 4.78 is 0. The van der Waals surface area contributed by atoms with Crippen LogP contribution in [-0.2, 0) is 6.42 Å². The fraction of sp³-hybridized carbons (Fsp3) is 0.375. The van der Waals surface area contributed by atoms with E-state index in [1.54, 1.807) is 18.4 Å². The van der Waals surface area contributed by atoms with E-state index in [1.165, 1.54) is 16.2 Å². The molecule has 2 rings (SSSR count). The Labute approximate surface area is 144 Å². The van der Waals surface area contributed by atoms with Gasteiger partial charge in [0.1, 0.15) is 0 Å². The Kier molecular flexibility index (Phi) is 7.62.